The molecule has 0 radical (unpaired) electrons. The molecule has 1 heterocycles. The van der Waals surface area contributed by atoms with E-state index in [-0.39, 0.29) is 5.82 Å². The fraction of sp³-hybridized carbons (Fsp3) is 0.304. The van der Waals surface area contributed by atoms with Crippen molar-refractivity contribution in [3.63, 3.8) is 0 Å². The normalized spacial score (nSPS) is 11.6. The topological polar surface area (TPSA) is 41.0 Å². The van der Waals surface area contributed by atoms with Crippen LogP contribution in [-0.2, 0) is 0 Å². The average Bonchev–Trinajstić information content (AvgIpc) is 2.73. The number of nitrogens with zero attached hydrogens (tertiary/aromatic N) is 3. The lowest BCUT2D eigenvalue weighted by Gasteiger charge is -2.18. The molecule has 1 N–H and O–H groups in total. The molecule has 3 rings (SSSR count). The number of anilines is 1. The highest BCUT2D eigenvalue weighted by atomic mass is 35.5. The van der Waals surface area contributed by atoms with Gasteiger partial charge in [-0.3, -0.25) is 0 Å². The van der Waals surface area contributed by atoms with E-state index in [1.54, 1.807) is 12.1 Å². The summed E-state index contributed by atoms with van der Waals surface area (Å²) in [4.78, 5) is 11.7. The molecule has 3 aromatic rings. The minimum Gasteiger partial charge on any atom is -0.369 e. The van der Waals surface area contributed by atoms with Crippen LogP contribution in [-0.4, -0.2) is 41.0 Å². The molecule has 0 saturated heterocycles. The van der Waals surface area contributed by atoms with Crippen LogP contribution in [0.3, 0.4) is 0 Å². The molecule has 0 spiro atoms. The first-order valence-corrected chi connectivity index (χ1v) is 10.3. The first-order chi connectivity index (χ1) is 14.1. The maximum Gasteiger partial charge on any atom is 0.154 e. The van der Waals surface area contributed by atoms with Crippen LogP contribution in [0.25, 0.3) is 23.1 Å². The van der Waals surface area contributed by atoms with Crippen LogP contribution in [0.1, 0.15) is 31.7 Å². The van der Waals surface area contributed by atoms with Gasteiger partial charge in [0.05, 0.1) is 5.52 Å². The summed E-state index contributed by atoms with van der Waals surface area (Å²) < 4.78 is 13.1. The van der Waals surface area contributed by atoms with Gasteiger partial charge in [-0.15, -0.1) is 0 Å². The molecule has 0 saturated carbocycles. The minimum atomic E-state index is -0.255. The van der Waals surface area contributed by atoms with Crippen molar-refractivity contribution in [1.82, 2.24) is 14.9 Å². The number of rotatable bonds is 9. The van der Waals surface area contributed by atoms with Crippen molar-refractivity contribution in [3.8, 4) is 0 Å². The number of nitrogens with one attached hydrogen (secondary N) is 1. The van der Waals surface area contributed by atoms with Crippen molar-refractivity contribution in [2.45, 2.75) is 20.3 Å². The summed E-state index contributed by atoms with van der Waals surface area (Å²) in [5, 5.41) is 5.03. The van der Waals surface area contributed by atoms with Gasteiger partial charge >= 0.3 is 0 Å². The van der Waals surface area contributed by atoms with Gasteiger partial charge < -0.3 is 10.2 Å². The molecule has 0 aliphatic rings. The van der Waals surface area contributed by atoms with Crippen molar-refractivity contribution in [1.29, 1.82) is 0 Å². The van der Waals surface area contributed by atoms with E-state index in [2.05, 4.69) is 34.0 Å². The molecule has 0 aliphatic carbocycles. The molecule has 2 aromatic carbocycles. The van der Waals surface area contributed by atoms with E-state index in [0.717, 1.165) is 54.9 Å². The second-order valence-corrected chi connectivity index (χ2v) is 7.22. The third kappa shape index (κ3) is 5.99. The van der Waals surface area contributed by atoms with Crippen molar-refractivity contribution in [3.05, 3.63) is 64.7 Å². The van der Waals surface area contributed by atoms with Gasteiger partial charge in [0.2, 0.25) is 0 Å². The maximum absolute atomic E-state index is 13.1. The van der Waals surface area contributed by atoms with Crippen LogP contribution >= 0.6 is 11.6 Å². The SMILES string of the molecule is CCN(CC)CCCNc1nc(C=Cc2ccc(F)cc2)nc2cc(Cl)ccc12. The van der Waals surface area contributed by atoms with Gasteiger partial charge in [-0.2, -0.15) is 0 Å². The van der Waals surface area contributed by atoms with Crippen molar-refractivity contribution in [2.75, 3.05) is 31.5 Å². The lowest BCUT2D eigenvalue weighted by molar-refractivity contribution is 0.303. The predicted octanol–water partition coefficient (Wildman–Crippen LogP) is 5.74. The quantitative estimate of drug-likeness (QED) is 0.455. The summed E-state index contributed by atoms with van der Waals surface area (Å²) in [5.41, 5.74) is 1.67. The standard InChI is InChI=1S/C23H26ClFN4/c1-3-29(4-2)15-5-14-26-23-20-12-9-18(24)16-21(20)27-22(28-23)13-8-17-6-10-19(25)11-7-17/h6-13,16H,3-5,14-15H2,1-2H3,(H,26,27,28). The molecule has 0 unspecified atom stereocenters. The number of benzene rings is 2. The Balaban J connectivity index is 1.80. The second kappa shape index (κ2) is 10.3. The lowest BCUT2D eigenvalue weighted by atomic mass is 10.2. The number of halogens is 2. The van der Waals surface area contributed by atoms with E-state index in [1.807, 2.05) is 30.4 Å². The molecule has 1 aromatic heterocycles. The average molecular weight is 413 g/mol. The second-order valence-electron chi connectivity index (χ2n) is 6.78. The molecule has 29 heavy (non-hydrogen) atoms. The maximum atomic E-state index is 13.1. The molecule has 0 bridgehead atoms. The fourth-order valence-corrected chi connectivity index (χ4v) is 3.29. The summed E-state index contributed by atoms with van der Waals surface area (Å²) in [6.07, 6.45) is 4.73. The summed E-state index contributed by atoms with van der Waals surface area (Å²) >= 11 is 6.16. The minimum absolute atomic E-state index is 0.255. The number of aromatic nitrogens is 2. The van der Waals surface area contributed by atoms with Crippen molar-refractivity contribution in [2.24, 2.45) is 0 Å². The highest BCUT2D eigenvalue weighted by molar-refractivity contribution is 6.31. The third-order valence-electron chi connectivity index (χ3n) is 4.81. The molecule has 0 amide bonds. The highest BCUT2D eigenvalue weighted by Crippen LogP contribution is 2.24. The predicted molar refractivity (Wildman–Crippen MR) is 121 cm³/mol. The van der Waals surface area contributed by atoms with Gasteiger partial charge in [0.25, 0.3) is 0 Å². The third-order valence-corrected chi connectivity index (χ3v) is 5.04. The number of hydrogen-bond acceptors (Lipinski definition) is 4. The van der Waals surface area contributed by atoms with E-state index in [9.17, 15) is 4.39 Å². The zero-order valence-electron chi connectivity index (χ0n) is 16.8. The monoisotopic (exact) mass is 412 g/mol. The molecule has 0 fully saturated rings. The van der Waals surface area contributed by atoms with Gasteiger partial charge in [-0.05, 0) is 68.0 Å². The fourth-order valence-electron chi connectivity index (χ4n) is 3.12. The van der Waals surface area contributed by atoms with Crippen molar-refractivity contribution < 1.29 is 4.39 Å². The van der Waals surface area contributed by atoms with Crippen LogP contribution in [0, 0.1) is 5.82 Å². The van der Waals surface area contributed by atoms with Crippen LogP contribution in [0.4, 0.5) is 10.2 Å². The first-order valence-electron chi connectivity index (χ1n) is 9.96. The van der Waals surface area contributed by atoms with Gasteiger partial charge in [-0.25, -0.2) is 14.4 Å². The Bertz CT molecular complexity index is 969. The molecular formula is C23H26ClFN4. The molecule has 152 valence electrons. The van der Waals surface area contributed by atoms with E-state index < -0.39 is 0 Å². The molecule has 4 nitrogen and oxygen atoms in total. The zero-order valence-corrected chi connectivity index (χ0v) is 17.6. The van der Waals surface area contributed by atoms with Crippen LogP contribution in [0.15, 0.2) is 42.5 Å². The molecule has 6 heteroatoms. The highest BCUT2D eigenvalue weighted by Gasteiger charge is 2.07. The van der Waals surface area contributed by atoms with Crippen LogP contribution in [0.2, 0.25) is 5.02 Å². The Hall–Kier alpha value is -2.50. The van der Waals surface area contributed by atoms with E-state index >= 15 is 0 Å². The summed E-state index contributed by atoms with van der Waals surface area (Å²) in [6, 6.07) is 11.9. The summed E-state index contributed by atoms with van der Waals surface area (Å²) in [6.45, 7) is 8.35. The van der Waals surface area contributed by atoms with Crippen LogP contribution < -0.4 is 5.32 Å². The Kier molecular flexibility index (Phi) is 7.55. The van der Waals surface area contributed by atoms with Gasteiger partial charge in [-0.1, -0.05) is 43.7 Å². The summed E-state index contributed by atoms with van der Waals surface area (Å²) in [5.74, 6) is 1.12. The van der Waals surface area contributed by atoms with Crippen LogP contribution in [0.5, 0.6) is 0 Å². The Morgan fingerprint density at radius 1 is 1.03 bits per heavy atom. The number of hydrogen-bond donors (Lipinski definition) is 1. The Morgan fingerprint density at radius 3 is 2.52 bits per heavy atom. The largest absolute Gasteiger partial charge is 0.369 e. The Morgan fingerprint density at radius 2 is 1.79 bits per heavy atom. The van der Waals surface area contributed by atoms with E-state index in [4.69, 9.17) is 11.6 Å². The lowest BCUT2D eigenvalue weighted by Crippen LogP contribution is -2.25. The molecule has 0 aliphatic heterocycles. The van der Waals surface area contributed by atoms with Crippen molar-refractivity contribution >= 4 is 40.5 Å². The van der Waals surface area contributed by atoms with E-state index in [1.165, 1.54) is 12.1 Å². The summed E-state index contributed by atoms with van der Waals surface area (Å²) in [7, 11) is 0. The van der Waals surface area contributed by atoms with Gasteiger partial charge in [0.1, 0.15) is 11.6 Å². The molecular weight excluding hydrogens is 387 g/mol. The van der Waals surface area contributed by atoms with Gasteiger partial charge in [0, 0.05) is 17.0 Å². The molecule has 0 atom stereocenters. The number of fused-ring (bicyclic) bond motifs is 1. The smallest absolute Gasteiger partial charge is 0.154 e. The van der Waals surface area contributed by atoms with Gasteiger partial charge in [0.15, 0.2) is 5.82 Å². The zero-order chi connectivity index (χ0) is 20.6. The first kappa shape index (κ1) is 21.2. The van der Waals surface area contributed by atoms with E-state index in [0.29, 0.717) is 10.8 Å². The Labute approximate surface area is 176 Å².